The number of rotatable bonds is 1. The average molecular weight is 307 g/mol. The molecule has 90 valence electrons. The quantitative estimate of drug-likeness (QED) is 0.692. The second kappa shape index (κ2) is 4.10. The Kier molecular flexibility index (Phi) is 2.56. The molecule has 0 saturated carbocycles. The van der Waals surface area contributed by atoms with Crippen molar-refractivity contribution >= 4 is 32.7 Å². The van der Waals surface area contributed by atoms with Crippen molar-refractivity contribution in [3.63, 3.8) is 0 Å². The van der Waals surface area contributed by atoms with E-state index in [1.165, 1.54) is 12.1 Å². The van der Waals surface area contributed by atoms with Crippen LogP contribution < -0.4 is 5.73 Å². The molecule has 1 heterocycles. The fourth-order valence-electron chi connectivity index (χ4n) is 1.76. The van der Waals surface area contributed by atoms with Crippen molar-refractivity contribution in [3.8, 4) is 11.5 Å². The topological polar surface area (TPSA) is 52.0 Å². The van der Waals surface area contributed by atoms with Gasteiger partial charge in [0.25, 0.3) is 0 Å². The van der Waals surface area contributed by atoms with Crippen LogP contribution in [-0.4, -0.2) is 4.98 Å². The average Bonchev–Trinajstić information content (AvgIpc) is 2.73. The lowest BCUT2D eigenvalue weighted by Gasteiger charge is -1.94. The van der Waals surface area contributed by atoms with Gasteiger partial charge in [-0.2, -0.15) is 0 Å². The van der Waals surface area contributed by atoms with E-state index < -0.39 is 0 Å². The van der Waals surface area contributed by atoms with Crippen LogP contribution in [0.15, 0.2) is 45.3 Å². The summed E-state index contributed by atoms with van der Waals surface area (Å²) >= 11 is 3.36. The zero-order valence-corrected chi connectivity index (χ0v) is 10.7. The summed E-state index contributed by atoms with van der Waals surface area (Å²) in [5.41, 5.74) is 8.15. The van der Waals surface area contributed by atoms with E-state index in [4.69, 9.17) is 10.2 Å². The van der Waals surface area contributed by atoms with Gasteiger partial charge in [-0.25, -0.2) is 9.37 Å². The van der Waals surface area contributed by atoms with Crippen LogP contribution in [-0.2, 0) is 0 Å². The summed E-state index contributed by atoms with van der Waals surface area (Å²) in [4.78, 5) is 4.30. The molecule has 0 spiro atoms. The summed E-state index contributed by atoms with van der Waals surface area (Å²) in [6.07, 6.45) is 0. The molecule has 5 heteroatoms. The van der Waals surface area contributed by atoms with Crippen molar-refractivity contribution in [2.45, 2.75) is 0 Å². The first-order valence-electron chi connectivity index (χ1n) is 5.25. The molecule has 2 aromatic carbocycles. The van der Waals surface area contributed by atoms with Crippen molar-refractivity contribution in [1.82, 2.24) is 4.98 Å². The van der Waals surface area contributed by atoms with Gasteiger partial charge in [-0.15, -0.1) is 0 Å². The minimum atomic E-state index is -0.326. The second-order valence-corrected chi connectivity index (χ2v) is 4.73. The van der Waals surface area contributed by atoms with Crippen molar-refractivity contribution in [2.75, 3.05) is 5.73 Å². The first-order chi connectivity index (χ1) is 8.63. The normalized spacial score (nSPS) is 11.0. The van der Waals surface area contributed by atoms with Gasteiger partial charge < -0.3 is 10.2 Å². The molecule has 0 saturated heterocycles. The van der Waals surface area contributed by atoms with Gasteiger partial charge >= 0.3 is 0 Å². The molecule has 0 aliphatic heterocycles. The van der Waals surface area contributed by atoms with E-state index in [2.05, 4.69) is 20.9 Å². The van der Waals surface area contributed by atoms with Crippen LogP contribution in [0.4, 0.5) is 10.1 Å². The molecule has 2 N–H and O–H groups in total. The molecule has 0 unspecified atom stereocenters. The van der Waals surface area contributed by atoms with Gasteiger partial charge in [0.05, 0.1) is 4.47 Å². The maximum atomic E-state index is 13.2. The molecule has 0 amide bonds. The molecular weight excluding hydrogens is 299 g/mol. The third kappa shape index (κ3) is 1.86. The molecule has 3 rings (SSSR count). The Morgan fingerprint density at radius 2 is 2.06 bits per heavy atom. The van der Waals surface area contributed by atoms with Crippen LogP contribution >= 0.6 is 15.9 Å². The third-order valence-electron chi connectivity index (χ3n) is 2.54. The third-order valence-corrected chi connectivity index (χ3v) is 3.13. The smallest absolute Gasteiger partial charge is 0.227 e. The van der Waals surface area contributed by atoms with Crippen LogP contribution in [0, 0.1) is 5.82 Å². The number of benzene rings is 2. The second-order valence-electron chi connectivity index (χ2n) is 3.88. The van der Waals surface area contributed by atoms with E-state index in [9.17, 15) is 4.39 Å². The van der Waals surface area contributed by atoms with Crippen LogP contribution in [0.3, 0.4) is 0 Å². The van der Waals surface area contributed by atoms with E-state index in [0.29, 0.717) is 28.2 Å². The highest BCUT2D eigenvalue weighted by Crippen LogP contribution is 2.31. The van der Waals surface area contributed by atoms with Crippen molar-refractivity contribution in [1.29, 1.82) is 0 Å². The molecular formula is C13H8BrFN2O. The van der Waals surface area contributed by atoms with Crippen LogP contribution in [0.1, 0.15) is 0 Å². The summed E-state index contributed by atoms with van der Waals surface area (Å²) in [7, 11) is 0. The van der Waals surface area contributed by atoms with Crippen molar-refractivity contribution < 1.29 is 8.81 Å². The Morgan fingerprint density at radius 1 is 1.22 bits per heavy atom. The predicted molar refractivity (Wildman–Crippen MR) is 71.5 cm³/mol. The molecule has 18 heavy (non-hydrogen) atoms. The van der Waals surface area contributed by atoms with E-state index >= 15 is 0 Å². The molecule has 0 aliphatic rings. The summed E-state index contributed by atoms with van der Waals surface area (Å²) in [5, 5.41) is 0. The van der Waals surface area contributed by atoms with E-state index in [-0.39, 0.29) is 5.82 Å². The minimum Gasteiger partial charge on any atom is -0.435 e. The molecule has 0 bridgehead atoms. The number of nitrogens with two attached hydrogens (primary N) is 1. The molecule has 0 aliphatic carbocycles. The molecule has 3 aromatic rings. The number of halogens is 2. The number of hydrogen-bond acceptors (Lipinski definition) is 3. The van der Waals surface area contributed by atoms with Gasteiger partial charge in [0.15, 0.2) is 5.58 Å². The summed E-state index contributed by atoms with van der Waals surface area (Å²) in [5.74, 6) is 0.0455. The Balaban J connectivity index is 2.22. The van der Waals surface area contributed by atoms with Crippen molar-refractivity contribution in [3.05, 3.63) is 46.7 Å². The first-order valence-corrected chi connectivity index (χ1v) is 6.04. The maximum Gasteiger partial charge on any atom is 0.227 e. The molecule has 1 aromatic heterocycles. The summed E-state index contributed by atoms with van der Waals surface area (Å²) in [6, 6.07) is 9.56. The predicted octanol–water partition coefficient (Wildman–Crippen LogP) is 3.98. The van der Waals surface area contributed by atoms with Crippen LogP contribution in [0.25, 0.3) is 22.6 Å². The van der Waals surface area contributed by atoms with E-state index in [1.807, 2.05) is 0 Å². The Hall–Kier alpha value is -1.88. The lowest BCUT2D eigenvalue weighted by atomic mass is 10.2. The Labute approximate surface area is 111 Å². The highest BCUT2D eigenvalue weighted by Gasteiger charge is 2.11. The maximum absolute atomic E-state index is 13.2. The molecule has 0 radical (unpaired) electrons. The number of fused-ring (bicyclic) bond motifs is 1. The zero-order valence-electron chi connectivity index (χ0n) is 9.15. The fraction of sp³-hybridized carbons (Fsp3) is 0. The number of nitrogens with zero attached hydrogens (tertiary/aromatic N) is 1. The lowest BCUT2D eigenvalue weighted by molar-refractivity contribution is 0.610. The van der Waals surface area contributed by atoms with Gasteiger partial charge in [0, 0.05) is 11.3 Å². The highest BCUT2D eigenvalue weighted by molar-refractivity contribution is 9.10. The van der Waals surface area contributed by atoms with E-state index in [0.717, 1.165) is 4.47 Å². The minimum absolute atomic E-state index is 0.326. The SMILES string of the molecule is Nc1cc(Br)c2oc(-c3cccc(F)c3)nc2c1. The first kappa shape index (κ1) is 11.2. The van der Waals surface area contributed by atoms with Crippen LogP contribution in [0.5, 0.6) is 0 Å². The fourth-order valence-corrected chi connectivity index (χ4v) is 2.31. The number of aromatic nitrogens is 1. The molecule has 3 nitrogen and oxygen atoms in total. The molecule has 0 atom stereocenters. The zero-order chi connectivity index (χ0) is 12.7. The number of nitrogen functional groups attached to an aromatic ring is 1. The highest BCUT2D eigenvalue weighted by atomic mass is 79.9. The lowest BCUT2D eigenvalue weighted by Crippen LogP contribution is -1.83. The number of hydrogen-bond donors (Lipinski definition) is 1. The Bertz CT molecular complexity index is 739. The van der Waals surface area contributed by atoms with Gasteiger partial charge in [-0.1, -0.05) is 6.07 Å². The molecule has 0 fully saturated rings. The van der Waals surface area contributed by atoms with Crippen LogP contribution in [0.2, 0.25) is 0 Å². The van der Waals surface area contributed by atoms with Gasteiger partial charge in [-0.05, 0) is 46.3 Å². The van der Waals surface area contributed by atoms with Gasteiger partial charge in [0.2, 0.25) is 5.89 Å². The monoisotopic (exact) mass is 306 g/mol. The van der Waals surface area contributed by atoms with Gasteiger partial charge in [-0.3, -0.25) is 0 Å². The number of oxazole rings is 1. The van der Waals surface area contributed by atoms with E-state index in [1.54, 1.807) is 24.3 Å². The summed E-state index contributed by atoms with van der Waals surface area (Å²) < 4.78 is 19.5. The number of anilines is 1. The largest absolute Gasteiger partial charge is 0.435 e. The standard InChI is InChI=1S/C13H8BrFN2O/c14-10-5-9(16)6-11-12(10)18-13(17-11)7-2-1-3-8(15)4-7/h1-6H,16H2. The van der Waals surface area contributed by atoms with Gasteiger partial charge in [0.1, 0.15) is 11.3 Å². The Morgan fingerprint density at radius 3 is 2.83 bits per heavy atom. The summed E-state index contributed by atoms with van der Waals surface area (Å²) in [6.45, 7) is 0. The van der Waals surface area contributed by atoms with Crippen molar-refractivity contribution in [2.24, 2.45) is 0 Å².